The van der Waals surface area contributed by atoms with E-state index in [4.69, 9.17) is 15.2 Å². The maximum Gasteiger partial charge on any atom is 0.217 e. The minimum Gasteiger partial charge on any atom is -0.493 e. The number of benzene rings is 1. The number of ether oxygens (including phenoxy) is 2. The van der Waals surface area contributed by atoms with Crippen molar-refractivity contribution in [3.05, 3.63) is 22.8 Å². The molecule has 5 nitrogen and oxygen atoms in total. The first-order valence-electron chi connectivity index (χ1n) is 7.94. The summed E-state index contributed by atoms with van der Waals surface area (Å²) in [4.78, 5) is 13.4. The molecule has 3 rings (SSSR count). The lowest BCUT2D eigenvalue weighted by atomic mass is 9.92. The van der Waals surface area contributed by atoms with Gasteiger partial charge < -0.3 is 15.2 Å². The normalized spacial score (nSPS) is 19.0. The monoisotopic (exact) mass is 340 g/mol. The van der Waals surface area contributed by atoms with E-state index in [2.05, 4.69) is 11.0 Å². The van der Waals surface area contributed by atoms with Crippen LogP contribution in [0.25, 0.3) is 0 Å². The quantitative estimate of drug-likeness (QED) is 0.862. The summed E-state index contributed by atoms with van der Waals surface area (Å²) < 4.78 is 11.1. The molecule has 0 bridgehead atoms. The summed E-state index contributed by atoms with van der Waals surface area (Å²) in [6.07, 6.45) is 4.47. The number of primary amides is 1. The fourth-order valence-electron chi connectivity index (χ4n) is 3.95. The van der Waals surface area contributed by atoms with Crippen molar-refractivity contribution in [3.8, 4) is 11.5 Å². The number of hydrogen-bond donors (Lipinski definition) is 1. The van der Waals surface area contributed by atoms with Gasteiger partial charge in [0.25, 0.3) is 0 Å². The van der Waals surface area contributed by atoms with Crippen LogP contribution in [0.15, 0.2) is 6.07 Å². The van der Waals surface area contributed by atoms with Crippen molar-refractivity contribution in [2.45, 2.75) is 38.1 Å². The van der Waals surface area contributed by atoms with Crippen molar-refractivity contribution < 1.29 is 14.3 Å². The van der Waals surface area contributed by atoms with Gasteiger partial charge in [-0.1, -0.05) is 0 Å². The van der Waals surface area contributed by atoms with Crippen LogP contribution in [0.4, 0.5) is 0 Å². The molecule has 0 saturated heterocycles. The number of nitrogens with zero attached hydrogens (tertiary/aromatic N) is 1. The van der Waals surface area contributed by atoms with Crippen LogP contribution in [0, 0.1) is 0 Å². The number of halogens is 1. The fraction of sp³-hybridized carbons (Fsp3) is 0.588. The first kappa shape index (κ1) is 17.9. The number of rotatable bonds is 6. The molecule has 2 aliphatic rings. The third-order valence-corrected chi connectivity index (χ3v) is 4.88. The average Bonchev–Trinajstić information content (AvgIpc) is 2.95. The van der Waals surface area contributed by atoms with Gasteiger partial charge in [0.1, 0.15) is 0 Å². The molecular formula is C17H25ClN2O3. The van der Waals surface area contributed by atoms with E-state index < -0.39 is 0 Å². The van der Waals surface area contributed by atoms with Gasteiger partial charge in [0.05, 0.1) is 14.2 Å². The topological polar surface area (TPSA) is 64.8 Å². The van der Waals surface area contributed by atoms with Crippen LogP contribution in [0.2, 0.25) is 0 Å². The molecular weight excluding hydrogens is 316 g/mol. The second-order valence-electron chi connectivity index (χ2n) is 6.07. The Balaban J connectivity index is 0.00000192. The van der Waals surface area contributed by atoms with E-state index in [-0.39, 0.29) is 18.3 Å². The van der Waals surface area contributed by atoms with Crippen molar-refractivity contribution in [3.63, 3.8) is 0 Å². The van der Waals surface area contributed by atoms with E-state index in [1.165, 1.54) is 16.7 Å². The van der Waals surface area contributed by atoms with Gasteiger partial charge in [-0.25, -0.2) is 0 Å². The molecule has 1 aromatic carbocycles. The Kier molecular flexibility index (Phi) is 5.76. The number of carbonyl (C=O) groups is 1. The standard InChI is InChI=1S/C17H24N2O3.ClH/c1-21-14-10-11-7-9-19(8-3-4-15(18)20)13-6-5-12(16(11)13)17(14)22-2;/h10,13H,3-9H2,1-2H3,(H2,18,20);1H. The van der Waals surface area contributed by atoms with E-state index in [1.54, 1.807) is 14.2 Å². The molecule has 1 aliphatic carbocycles. The Bertz CT molecular complexity index is 592. The van der Waals surface area contributed by atoms with Gasteiger partial charge in [-0.15, -0.1) is 12.4 Å². The molecule has 0 spiro atoms. The number of carbonyl (C=O) groups excluding carboxylic acids is 1. The van der Waals surface area contributed by atoms with E-state index >= 15 is 0 Å². The zero-order chi connectivity index (χ0) is 15.7. The number of nitrogens with two attached hydrogens (primary N) is 1. The van der Waals surface area contributed by atoms with E-state index in [1.807, 2.05) is 0 Å². The van der Waals surface area contributed by atoms with E-state index in [9.17, 15) is 4.79 Å². The second-order valence-corrected chi connectivity index (χ2v) is 6.07. The van der Waals surface area contributed by atoms with E-state index in [0.717, 1.165) is 50.3 Å². The Morgan fingerprint density at radius 1 is 1.35 bits per heavy atom. The summed E-state index contributed by atoms with van der Waals surface area (Å²) in [5.41, 5.74) is 9.37. The molecule has 2 N–H and O–H groups in total. The summed E-state index contributed by atoms with van der Waals surface area (Å²) in [7, 11) is 3.41. The Morgan fingerprint density at radius 3 is 2.78 bits per heavy atom. The van der Waals surface area contributed by atoms with Gasteiger partial charge in [-0.2, -0.15) is 0 Å². The van der Waals surface area contributed by atoms with Crippen molar-refractivity contribution in [2.24, 2.45) is 5.73 Å². The van der Waals surface area contributed by atoms with Gasteiger partial charge in [-0.3, -0.25) is 9.69 Å². The van der Waals surface area contributed by atoms with Crippen molar-refractivity contribution in [1.29, 1.82) is 0 Å². The molecule has 23 heavy (non-hydrogen) atoms. The smallest absolute Gasteiger partial charge is 0.217 e. The summed E-state index contributed by atoms with van der Waals surface area (Å²) >= 11 is 0. The average molecular weight is 341 g/mol. The predicted molar refractivity (Wildman–Crippen MR) is 91.6 cm³/mol. The predicted octanol–water partition coefficient (Wildman–Crippen LogP) is 2.24. The molecule has 6 heteroatoms. The summed E-state index contributed by atoms with van der Waals surface area (Å²) in [5, 5.41) is 0. The Morgan fingerprint density at radius 2 is 2.13 bits per heavy atom. The maximum absolute atomic E-state index is 10.9. The number of hydrogen-bond acceptors (Lipinski definition) is 4. The van der Waals surface area contributed by atoms with Crippen LogP contribution in [-0.4, -0.2) is 38.1 Å². The third kappa shape index (κ3) is 3.26. The van der Waals surface area contributed by atoms with Crippen LogP contribution in [0.3, 0.4) is 0 Å². The van der Waals surface area contributed by atoms with Gasteiger partial charge in [0.2, 0.25) is 5.91 Å². The zero-order valence-electron chi connectivity index (χ0n) is 13.8. The van der Waals surface area contributed by atoms with Crippen LogP contribution >= 0.6 is 12.4 Å². The maximum atomic E-state index is 10.9. The van der Waals surface area contributed by atoms with Crippen molar-refractivity contribution in [2.75, 3.05) is 27.3 Å². The SMILES string of the molecule is COc1cc2c3c(c1OC)CCC3N(CCCC(N)=O)CC2.Cl. The summed E-state index contributed by atoms with van der Waals surface area (Å²) in [5.74, 6) is 1.53. The highest BCUT2D eigenvalue weighted by Gasteiger charge is 2.36. The lowest BCUT2D eigenvalue weighted by molar-refractivity contribution is -0.118. The highest BCUT2D eigenvalue weighted by atomic mass is 35.5. The third-order valence-electron chi connectivity index (χ3n) is 4.88. The van der Waals surface area contributed by atoms with Crippen LogP contribution in [0.1, 0.15) is 42.0 Å². The van der Waals surface area contributed by atoms with Crippen LogP contribution in [-0.2, 0) is 17.6 Å². The highest BCUT2D eigenvalue weighted by Crippen LogP contribution is 2.48. The molecule has 1 unspecified atom stereocenters. The van der Waals surface area contributed by atoms with Gasteiger partial charge in [-0.05, 0) is 49.4 Å². The van der Waals surface area contributed by atoms with Gasteiger partial charge >= 0.3 is 0 Å². The minimum atomic E-state index is -0.212. The molecule has 0 aromatic heterocycles. The molecule has 1 atom stereocenters. The number of amides is 1. The van der Waals surface area contributed by atoms with E-state index in [0.29, 0.717) is 12.5 Å². The summed E-state index contributed by atoms with van der Waals surface area (Å²) in [6, 6.07) is 2.59. The van der Waals surface area contributed by atoms with Crippen LogP contribution in [0.5, 0.6) is 11.5 Å². The Hall–Kier alpha value is -1.46. The lowest BCUT2D eigenvalue weighted by Crippen LogP contribution is -2.35. The first-order chi connectivity index (χ1) is 10.7. The van der Waals surface area contributed by atoms with Crippen LogP contribution < -0.4 is 15.2 Å². The molecule has 1 amide bonds. The minimum absolute atomic E-state index is 0. The molecule has 1 aromatic rings. The molecule has 0 radical (unpaired) electrons. The summed E-state index contributed by atoms with van der Waals surface area (Å²) in [6.45, 7) is 1.96. The molecule has 128 valence electrons. The molecule has 1 aliphatic heterocycles. The zero-order valence-corrected chi connectivity index (χ0v) is 14.6. The first-order valence-corrected chi connectivity index (χ1v) is 7.94. The number of methoxy groups -OCH3 is 2. The fourth-order valence-corrected chi connectivity index (χ4v) is 3.95. The lowest BCUT2D eigenvalue weighted by Gasteiger charge is -2.35. The largest absolute Gasteiger partial charge is 0.493 e. The molecule has 0 saturated carbocycles. The van der Waals surface area contributed by atoms with Gasteiger partial charge in [0.15, 0.2) is 11.5 Å². The van der Waals surface area contributed by atoms with Crippen molar-refractivity contribution in [1.82, 2.24) is 4.90 Å². The van der Waals surface area contributed by atoms with Gasteiger partial charge in [0, 0.05) is 24.6 Å². The second kappa shape index (κ2) is 7.41. The molecule has 1 heterocycles. The Labute approximate surface area is 143 Å². The van der Waals surface area contributed by atoms with Crippen molar-refractivity contribution >= 4 is 18.3 Å². The molecule has 0 fully saturated rings. The highest BCUT2D eigenvalue weighted by molar-refractivity contribution is 5.85.